The molecule has 1 atom stereocenters. The zero-order valence-electron chi connectivity index (χ0n) is 12.3. The van der Waals surface area contributed by atoms with Gasteiger partial charge in [0.25, 0.3) is 0 Å². The second kappa shape index (κ2) is 8.10. The third kappa shape index (κ3) is 5.39. The average Bonchev–Trinajstić information content (AvgIpc) is 2.35. The summed E-state index contributed by atoms with van der Waals surface area (Å²) >= 11 is 0. The molecular formula is C15H32N2. The minimum Gasteiger partial charge on any atom is -0.315 e. The normalized spacial score (nSPS) is 20.1. The number of nitrogens with zero attached hydrogens (tertiary/aromatic N) is 1. The number of hydrogen-bond acceptors (Lipinski definition) is 2. The fourth-order valence-corrected chi connectivity index (χ4v) is 3.14. The van der Waals surface area contributed by atoms with Gasteiger partial charge in [-0.1, -0.05) is 40.0 Å². The van der Waals surface area contributed by atoms with Gasteiger partial charge in [0, 0.05) is 19.1 Å². The summed E-state index contributed by atoms with van der Waals surface area (Å²) in [6, 6.07) is 0.703. The number of likely N-dealkylation sites (N-methyl/N-ethyl adjacent to an activating group) is 2. The predicted octanol–water partition coefficient (Wildman–Crippen LogP) is 3.13. The lowest BCUT2D eigenvalue weighted by Crippen LogP contribution is -2.45. The number of rotatable bonds is 7. The molecule has 0 saturated heterocycles. The Labute approximate surface area is 108 Å². The van der Waals surface area contributed by atoms with Gasteiger partial charge >= 0.3 is 0 Å². The zero-order valence-corrected chi connectivity index (χ0v) is 12.3. The summed E-state index contributed by atoms with van der Waals surface area (Å²) in [6.07, 6.45) is 7.21. The van der Waals surface area contributed by atoms with Gasteiger partial charge < -0.3 is 10.2 Å². The van der Waals surface area contributed by atoms with Crippen LogP contribution in [0.3, 0.4) is 0 Å². The van der Waals surface area contributed by atoms with Crippen LogP contribution in [0.1, 0.15) is 52.9 Å². The van der Waals surface area contributed by atoms with Crippen LogP contribution < -0.4 is 5.32 Å². The molecule has 1 aliphatic carbocycles. The molecule has 0 aliphatic heterocycles. The molecule has 1 N–H and O–H groups in total. The molecule has 1 aliphatic rings. The van der Waals surface area contributed by atoms with Crippen molar-refractivity contribution in [2.45, 2.75) is 58.9 Å². The maximum atomic E-state index is 3.57. The predicted molar refractivity (Wildman–Crippen MR) is 76.4 cm³/mol. The Morgan fingerprint density at radius 3 is 2.24 bits per heavy atom. The van der Waals surface area contributed by atoms with Crippen molar-refractivity contribution < 1.29 is 0 Å². The van der Waals surface area contributed by atoms with Crippen LogP contribution in [0.5, 0.6) is 0 Å². The van der Waals surface area contributed by atoms with Crippen molar-refractivity contribution in [3.05, 3.63) is 0 Å². The highest BCUT2D eigenvalue weighted by molar-refractivity contribution is 4.81. The lowest BCUT2D eigenvalue weighted by molar-refractivity contribution is 0.181. The van der Waals surface area contributed by atoms with E-state index >= 15 is 0 Å². The van der Waals surface area contributed by atoms with Crippen LogP contribution in [0.2, 0.25) is 0 Å². The van der Waals surface area contributed by atoms with Crippen molar-refractivity contribution in [3.63, 3.8) is 0 Å². The summed E-state index contributed by atoms with van der Waals surface area (Å²) in [5.74, 6) is 1.69. The monoisotopic (exact) mass is 240 g/mol. The van der Waals surface area contributed by atoms with Crippen LogP contribution in [-0.2, 0) is 0 Å². The molecule has 2 heteroatoms. The summed E-state index contributed by atoms with van der Waals surface area (Å²) in [5.41, 5.74) is 0. The minimum atomic E-state index is 0.703. The largest absolute Gasteiger partial charge is 0.315 e. The summed E-state index contributed by atoms with van der Waals surface area (Å²) in [5, 5.41) is 3.57. The Morgan fingerprint density at radius 2 is 1.76 bits per heavy atom. The zero-order chi connectivity index (χ0) is 12.7. The Hall–Kier alpha value is -0.0800. The molecule has 0 aromatic carbocycles. The summed E-state index contributed by atoms with van der Waals surface area (Å²) < 4.78 is 0. The Bertz CT molecular complexity index is 185. The van der Waals surface area contributed by atoms with Crippen LogP contribution >= 0.6 is 0 Å². The molecule has 2 nitrogen and oxygen atoms in total. The van der Waals surface area contributed by atoms with E-state index in [-0.39, 0.29) is 0 Å². The van der Waals surface area contributed by atoms with Gasteiger partial charge in [0.2, 0.25) is 0 Å². The number of nitrogens with one attached hydrogen (secondary N) is 1. The highest BCUT2D eigenvalue weighted by Gasteiger charge is 2.23. The van der Waals surface area contributed by atoms with E-state index in [0.717, 1.165) is 11.8 Å². The van der Waals surface area contributed by atoms with Crippen LogP contribution in [0.15, 0.2) is 0 Å². The van der Waals surface area contributed by atoms with Crippen LogP contribution in [0, 0.1) is 11.8 Å². The molecule has 0 bridgehead atoms. The van der Waals surface area contributed by atoms with Crippen LogP contribution in [0.4, 0.5) is 0 Å². The van der Waals surface area contributed by atoms with Gasteiger partial charge in [0.15, 0.2) is 0 Å². The van der Waals surface area contributed by atoms with E-state index in [1.165, 1.54) is 51.7 Å². The second-order valence-corrected chi connectivity index (χ2v) is 6.04. The molecule has 0 spiro atoms. The van der Waals surface area contributed by atoms with Crippen LogP contribution in [0.25, 0.3) is 0 Å². The van der Waals surface area contributed by atoms with Crippen molar-refractivity contribution in [1.29, 1.82) is 0 Å². The fourth-order valence-electron chi connectivity index (χ4n) is 3.14. The van der Waals surface area contributed by atoms with Crippen molar-refractivity contribution in [3.8, 4) is 0 Å². The highest BCUT2D eigenvalue weighted by atomic mass is 15.1. The van der Waals surface area contributed by atoms with Crippen molar-refractivity contribution >= 4 is 0 Å². The lowest BCUT2D eigenvalue weighted by atomic mass is 9.83. The quantitative estimate of drug-likeness (QED) is 0.735. The summed E-state index contributed by atoms with van der Waals surface area (Å²) in [6.45, 7) is 10.6. The first-order valence-electron chi connectivity index (χ1n) is 7.57. The van der Waals surface area contributed by atoms with E-state index in [9.17, 15) is 0 Å². The molecule has 0 aromatic rings. The SMILES string of the molecule is CCN(CC(C)C)CC(NC)C1CCCCC1. The molecule has 0 aromatic heterocycles. The Balaban J connectivity index is 2.42. The van der Waals surface area contributed by atoms with Gasteiger partial charge in [-0.05, 0) is 38.3 Å². The minimum absolute atomic E-state index is 0.703. The molecule has 1 fully saturated rings. The van der Waals surface area contributed by atoms with E-state index in [1.54, 1.807) is 0 Å². The lowest BCUT2D eigenvalue weighted by Gasteiger charge is -2.34. The standard InChI is InChI=1S/C15H32N2/c1-5-17(11-13(2)3)12-15(16-4)14-9-7-6-8-10-14/h13-16H,5-12H2,1-4H3. The van der Waals surface area contributed by atoms with Crippen LogP contribution in [-0.4, -0.2) is 37.6 Å². The smallest absolute Gasteiger partial charge is 0.0220 e. The third-order valence-electron chi connectivity index (χ3n) is 4.12. The van der Waals surface area contributed by atoms with Gasteiger partial charge in [0.1, 0.15) is 0 Å². The molecule has 0 heterocycles. The molecule has 1 rings (SSSR count). The first-order chi connectivity index (χ1) is 8.17. The first kappa shape index (κ1) is 15.0. The van der Waals surface area contributed by atoms with E-state index < -0.39 is 0 Å². The molecule has 1 saturated carbocycles. The van der Waals surface area contributed by atoms with Gasteiger partial charge in [-0.3, -0.25) is 0 Å². The molecule has 102 valence electrons. The third-order valence-corrected chi connectivity index (χ3v) is 4.12. The van der Waals surface area contributed by atoms with E-state index in [1.807, 2.05) is 0 Å². The summed E-state index contributed by atoms with van der Waals surface area (Å²) in [7, 11) is 2.14. The topological polar surface area (TPSA) is 15.3 Å². The average molecular weight is 240 g/mol. The van der Waals surface area contributed by atoms with Crippen molar-refractivity contribution in [2.24, 2.45) is 11.8 Å². The van der Waals surface area contributed by atoms with E-state index in [0.29, 0.717) is 6.04 Å². The Morgan fingerprint density at radius 1 is 1.12 bits per heavy atom. The maximum Gasteiger partial charge on any atom is 0.0220 e. The molecule has 0 amide bonds. The highest BCUT2D eigenvalue weighted by Crippen LogP contribution is 2.26. The van der Waals surface area contributed by atoms with E-state index in [4.69, 9.17) is 0 Å². The van der Waals surface area contributed by atoms with Crippen molar-refractivity contribution in [1.82, 2.24) is 10.2 Å². The van der Waals surface area contributed by atoms with Crippen molar-refractivity contribution in [2.75, 3.05) is 26.7 Å². The maximum absolute atomic E-state index is 3.57. The molecular weight excluding hydrogens is 208 g/mol. The van der Waals surface area contributed by atoms with Gasteiger partial charge in [-0.25, -0.2) is 0 Å². The second-order valence-electron chi connectivity index (χ2n) is 6.04. The fraction of sp³-hybridized carbons (Fsp3) is 1.00. The number of hydrogen-bond donors (Lipinski definition) is 1. The molecule has 17 heavy (non-hydrogen) atoms. The Kier molecular flexibility index (Phi) is 7.14. The summed E-state index contributed by atoms with van der Waals surface area (Å²) in [4.78, 5) is 2.61. The van der Waals surface area contributed by atoms with Gasteiger partial charge in [-0.15, -0.1) is 0 Å². The molecule has 0 radical (unpaired) electrons. The first-order valence-corrected chi connectivity index (χ1v) is 7.57. The van der Waals surface area contributed by atoms with E-state index in [2.05, 4.69) is 38.0 Å². The molecule has 1 unspecified atom stereocenters. The van der Waals surface area contributed by atoms with Gasteiger partial charge in [0.05, 0.1) is 0 Å². The van der Waals surface area contributed by atoms with Gasteiger partial charge in [-0.2, -0.15) is 0 Å².